The van der Waals surface area contributed by atoms with Crippen LogP contribution in [0.5, 0.6) is 5.75 Å². The average Bonchev–Trinajstić information content (AvgIpc) is 2.28. The van der Waals surface area contributed by atoms with Crippen molar-refractivity contribution in [2.75, 3.05) is 6.61 Å². The summed E-state index contributed by atoms with van der Waals surface area (Å²) in [6.07, 6.45) is 0.898. The molecule has 1 unspecified atom stereocenters. The molecule has 0 bridgehead atoms. The maximum Gasteiger partial charge on any atom is 0.120 e. The summed E-state index contributed by atoms with van der Waals surface area (Å²) in [5.74, 6) is 0.322. The van der Waals surface area contributed by atoms with Gasteiger partial charge in [-0.05, 0) is 42.9 Å². The largest absolute Gasteiger partial charge is 0.508 e. The van der Waals surface area contributed by atoms with Gasteiger partial charge in [-0.3, -0.25) is 0 Å². The molecule has 0 aliphatic carbocycles. The number of rotatable bonds is 5. The first kappa shape index (κ1) is 16.0. The van der Waals surface area contributed by atoms with Crippen molar-refractivity contribution >= 4 is 0 Å². The lowest BCUT2D eigenvalue weighted by molar-refractivity contribution is 0.197. The molecule has 0 aliphatic heterocycles. The number of aryl methyl sites for hydroxylation is 2. The average molecular weight is 265 g/mol. The zero-order valence-corrected chi connectivity index (χ0v) is 12.7. The summed E-state index contributed by atoms with van der Waals surface area (Å²) in [5, 5.41) is 22.7. The van der Waals surface area contributed by atoms with E-state index in [9.17, 15) is 10.2 Å². The summed E-state index contributed by atoms with van der Waals surface area (Å²) in [4.78, 5) is 0. The third kappa shape index (κ3) is 5.21. The van der Waals surface area contributed by atoms with Gasteiger partial charge in [-0.2, -0.15) is 0 Å². The molecule has 0 spiro atoms. The molecular weight excluding hydrogens is 238 g/mol. The molecule has 19 heavy (non-hydrogen) atoms. The highest BCUT2D eigenvalue weighted by molar-refractivity contribution is 5.40. The van der Waals surface area contributed by atoms with Gasteiger partial charge in [-0.15, -0.1) is 0 Å². The second-order valence-corrected chi connectivity index (χ2v) is 6.59. The Balaban J connectivity index is 2.67. The van der Waals surface area contributed by atoms with Gasteiger partial charge in [0, 0.05) is 18.2 Å². The molecule has 0 fully saturated rings. The van der Waals surface area contributed by atoms with E-state index in [2.05, 4.69) is 26.1 Å². The summed E-state index contributed by atoms with van der Waals surface area (Å²) in [6, 6.07) is 3.86. The number of nitrogens with one attached hydrogen (secondary N) is 1. The monoisotopic (exact) mass is 265 g/mol. The van der Waals surface area contributed by atoms with E-state index < -0.39 is 0 Å². The molecule has 0 aromatic heterocycles. The smallest absolute Gasteiger partial charge is 0.120 e. The lowest BCUT2D eigenvalue weighted by atomic mass is 9.88. The molecule has 0 heterocycles. The molecule has 0 amide bonds. The maximum atomic E-state index is 9.93. The Kier molecular flexibility index (Phi) is 5.39. The van der Waals surface area contributed by atoms with Crippen LogP contribution in [0.3, 0.4) is 0 Å². The van der Waals surface area contributed by atoms with Crippen molar-refractivity contribution < 1.29 is 10.2 Å². The van der Waals surface area contributed by atoms with Crippen molar-refractivity contribution in [2.45, 2.75) is 53.6 Å². The number of hydrogen-bond donors (Lipinski definition) is 3. The van der Waals surface area contributed by atoms with Gasteiger partial charge < -0.3 is 15.5 Å². The van der Waals surface area contributed by atoms with Gasteiger partial charge in [0.25, 0.3) is 0 Å². The van der Waals surface area contributed by atoms with Gasteiger partial charge in [0.05, 0.1) is 6.61 Å². The maximum absolute atomic E-state index is 9.93. The standard InChI is InChI=1S/C16H27NO2/c1-11-6-13(15(19)7-12(11)2)9-17-14(10-18)8-16(3,4)5/h6-7,14,17-19H,8-10H2,1-5H3. The van der Waals surface area contributed by atoms with Gasteiger partial charge >= 0.3 is 0 Å². The van der Waals surface area contributed by atoms with Gasteiger partial charge in [0.15, 0.2) is 0 Å². The number of benzene rings is 1. The molecule has 1 aromatic carbocycles. The highest BCUT2D eigenvalue weighted by Gasteiger charge is 2.18. The van der Waals surface area contributed by atoms with E-state index in [1.807, 2.05) is 19.9 Å². The predicted octanol–water partition coefficient (Wildman–Crippen LogP) is 2.90. The predicted molar refractivity (Wildman–Crippen MR) is 79.4 cm³/mol. The fourth-order valence-corrected chi connectivity index (χ4v) is 2.20. The van der Waals surface area contributed by atoms with E-state index in [1.54, 1.807) is 6.07 Å². The van der Waals surface area contributed by atoms with Crippen LogP contribution in [0.2, 0.25) is 0 Å². The zero-order valence-electron chi connectivity index (χ0n) is 12.7. The molecule has 1 atom stereocenters. The SMILES string of the molecule is Cc1cc(O)c(CNC(CO)CC(C)(C)C)cc1C. The van der Waals surface area contributed by atoms with Crippen LogP contribution < -0.4 is 5.32 Å². The molecular formula is C16H27NO2. The highest BCUT2D eigenvalue weighted by atomic mass is 16.3. The highest BCUT2D eigenvalue weighted by Crippen LogP contribution is 2.23. The number of aromatic hydroxyl groups is 1. The number of phenolic OH excluding ortho intramolecular Hbond substituents is 1. The van der Waals surface area contributed by atoms with Crippen LogP contribution >= 0.6 is 0 Å². The van der Waals surface area contributed by atoms with Gasteiger partial charge in [0.1, 0.15) is 5.75 Å². The van der Waals surface area contributed by atoms with Crippen LogP contribution in [0.1, 0.15) is 43.9 Å². The third-order valence-electron chi connectivity index (χ3n) is 3.36. The first-order valence-corrected chi connectivity index (χ1v) is 6.86. The van der Waals surface area contributed by atoms with Crippen LogP contribution in [-0.4, -0.2) is 22.9 Å². The van der Waals surface area contributed by atoms with Crippen molar-refractivity contribution in [1.29, 1.82) is 0 Å². The lowest BCUT2D eigenvalue weighted by Crippen LogP contribution is -2.35. The lowest BCUT2D eigenvalue weighted by Gasteiger charge is -2.25. The zero-order chi connectivity index (χ0) is 14.6. The molecule has 0 saturated carbocycles. The Morgan fingerprint density at radius 2 is 1.74 bits per heavy atom. The van der Waals surface area contributed by atoms with E-state index in [0.717, 1.165) is 17.5 Å². The van der Waals surface area contributed by atoms with Crippen molar-refractivity contribution in [3.63, 3.8) is 0 Å². The minimum atomic E-state index is 0.0565. The van der Waals surface area contributed by atoms with Crippen LogP contribution in [0.4, 0.5) is 0 Å². The molecule has 0 radical (unpaired) electrons. The summed E-state index contributed by atoms with van der Waals surface area (Å²) < 4.78 is 0. The van der Waals surface area contributed by atoms with Crippen LogP contribution in [0.15, 0.2) is 12.1 Å². The molecule has 1 aromatic rings. The number of aliphatic hydroxyl groups is 1. The van der Waals surface area contributed by atoms with E-state index in [4.69, 9.17) is 0 Å². The third-order valence-corrected chi connectivity index (χ3v) is 3.36. The van der Waals surface area contributed by atoms with E-state index in [1.165, 1.54) is 5.56 Å². The fourth-order valence-electron chi connectivity index (χ4n) is 2.20. The molecule has 3 N–H and O–H groups in total. The number of phenols is 1. The van der Waals surface area contributed by atoms with Crippen molar-refractivity contribution in [3.05, 3.63) is 28.8 Å². The second kappa shape index (κ2) is 6.40. The van der Waals surface area contributed by atoms with Crippen molar-refractivity contribution in [3.8, 4) is 5.75 Å². The molecule has 0 aliphatic rings. The quantitative estimate of drug-likeness (QED) is 0.767. The fraction of sp³-hybridized carbons (Fsp3) is 0.625. The second-order valence-electron chi connectivity index (χ2n) is 6.59. The van der Waals surface area contributed by atoms with Crippen molar-refractivity contribution in [2.24, 2.45) is 5.41 Å². The minimum absolute atomic E-state index is 0.0565. The summed E-state index contributed by atoms with van der Waals surface area (Å²) in [6.45, 7) is 11.2. The van der Waals surface area contributed by atoms with Crippen molar-refractivity contribution in [1.82, 2.24) is 5.32 Å². The minimum Gasteiger partial charge on any atom is -0.508 e. The van der Waals surface area contributed by atoms with Crippen LogP contribution in [0, 0.1) is 19.3 Å². The van der Waals surface area contributed by atoms with E-state index in [-0.39, 0.29) is 18.1 Å². The number of hydrogen-bond acceptors (Lipinski definition) is 3. The Morgan fingerprint density at radius 1 is 1.16 bits per heavy atom. The molecule has 0 saturated heterocycles. The Hall–Kier alpha value is -1.06. The van der Waals surface area contributed by atoms with Crippen LogP contribution in [-0.2, 0) is 6.54 Å². The van der Waals surface area contributed by atoms with Gasteiger partial charge in [0.2, 0.25) is 0 Å². The van der Waals surface area contributed by atoms with Gasteiger partial charge in [-0.1, -0.05) is 26.8 Å². The summed E-state index contributed by atoms with van der Waals surface area (Å²) in [5.41, 5.74) is 3.32. The summed E-state index contributed by atoms with van der Waals surface area (Å²) in [7, 11) is 0. The Bertz CT molecular complexity index is 421. The first-order chi connectivity index (χ1) is 8.73. The topological polar surface area (TPSA) is 52.5 Å². The molecule has 3 heteroatoms. The van der Waals surface area contributed by atoms with E-state index >= 15 is 0 Å². The van der Waals surface area contributed by atoms with Crippen LogP contribution in [0.25, 0.3) is 0 Å². The molecule has 3 nitrogen and oxygen atoms in total. The molecule has 108 valence electrons. The van der Waals surface area contributed by atoms with Gasteiger partial charge in [-0.25, -0.2) is 0 Å². The normalized spacial score (nSPS) is 13.6. The summed E-state index contributed by atoms with van der Waals surface area (Å²) >= 11 is 0. The Labute approximate surface area is 116 Å². The van der Waals surface area contributed by atoms with E-state index in [0.29, 0.717) is 12.3 Å². The molecule has 1 rings (SSSR count). The number of aliphatic hydroxyl groups excluding tert-OH is 1. The first-order valence-electron chi connectivity index (χ1n) is 6.86. The Morgan fingerprint density at radius 3 is 2.26 bits per heavy atom.